The lowest BCUT2D eigenvalue weighted by molar-refractivity contribution is -0.305. The maximum Gasteiger partial charge on any atom is 0.306 e. The van der Waals surface area contributed by atoms with Crippen LogP contribution in [0.5, 0.6) is 0 Å². The van der Waals surface area contributed by atoms with Gasteiger partial charge in [0, 0.05) is 12.8 Å². The van der Waals surface area contributed by atoms with Crippen LogP contribution in [-0.2, 0) is 28.5 Å². The predicted molar refractivity (Wildman–Crippen MR) is 228 cm³/mol. The molecule has 0 bridgehead atoms. The zero-order chi connectivity index (χ0) is 41.6. The molecule has 0 spiro atoms. The Bertz CT molecular complexity index is 1110. The lowest BCUT2D eigenvalue weighted by atomic mass is 9.99. The van der Waals surface area contributed by atoms with Crippen molar-refractivity contribution in [2.45, 2.75) is 205 Å². The summed E-state index contributed by atoms with van der Waals surface area (Å²) in [5.41, 5.74) is 0. The lowest BCUT2D eigenvalue weighted by Crippen LogP contribution is -2.59. The van der Waals surface area contributed by atoms with Crippen LogP contribution in [0.4, 0.5) is 0 Å². The molecule has 0 radical (unpaired) electrons. The van der Waals surface area contributed by atoms with Gasteiger partial charge in [-0.3, -0.25) is 9.59 Å². The van der Waals surface area contributed by atoms with Crippen molar-refractivity contribution in [3.8, 4) is 0 Å². The lowest BCUT2D eigenvalue weighted by Gasteiger charge is -2.39. The van der Waals surface area contributed by atoms with Crippen molar-refractivity contribution in [3.05, 3.63) is 60.8 Å². The third-order valence-electron chi connectivity index (χ3n) is 9.89. The smallest absolute Gasteiger partial charge is 0.306 e. The first-order chi connectivity index (χ1) is 27.8. The maximum atomic E-state index is 12.8. The average molecular weight is 805 g/mol. The largest absolute Gasteiger partial charge is 0.462 e. The number of unbranched alkanes of at least 4 members (excludes halogenated alkanes) is 15. The summed E-state index contributed by atoms with van der Waals surface area (Å²) < 4.78 is 22.1. The summed E-state index contributed by atoms with van der Waals surface area (Å²) in [5.74, 6) is -0.839. The van der Waals surface area contributed by atoms with Gasteiger partial charge in [-0.05, 0) is 77.0 Å². The first kappa shape index (κ1) is 52.4. The molecule has 0 aromatic carbocycles. The van der Waals surface area contributed by atoms with Gasteiger partial charge in [0.1, 0.15) is 31.0 Å². The van der Waals surface area contributed by atoms with E-state index in [4.69, 9.17) is 18.9 Å². The highest BCUT2D eigenvalue weighted by atomic mass is 16.7. The van der Waals surface area contributed by atoms with Crippen molar-refractivity contribution < 1.29 is 49.0 Å². The molecule has 328 valence electrons. The maximum absolute atomic E-state index is 12.8. The van der Waals surface area contributed by atoms with Gasteiger partial charge < -0.3 is 39.4 Å². The van der Waals surface area contributed by atoms with Gasteiger partial charge in [-0.25, -0.2) is 0 Å². The summed E-state index contributed by atoms with van der Waals surface area (Å²) in [6.07, 6.45) is 37.9. The summed E-state index contributed by atoms with van der Waals surface area (Å²) in [6.45, 7) is 3.25. The Morgan fingerprint density at radius 2 is 1.04 bits per heavy atom. The fraction of sp³-hybridized carbons (Fsp3) is 0.745. The number of ether oxygens (including phenoxy) is 4. The van der Waals surface area contributed by atoms with Crippen molar-refractivity contribution in [2.24, 2.45) is 0 Å². The van der Waals surface area contributed by atoms with Crippen molar-refractivity contribution in [3.63, 3.8) is 0 Å². The fourth-order valence-electron chi connectivity index (χ4n) is 6.35. The van der Waals surface area contributed by atoms with E-state index in [1.165, 1.54) is 44.9 Å². The van der Waals surface area contributed by atoms with Gasteiger partial charge in [0.05, 0.1) is 13.2 Å². The number of carbonyl (C=O) groups is 2. The minimum absolute atomic E-state index is 0.214. The van der Waals surface area contributed by atoms with E-state index in [0.29, 0.717) is 12.8 Å². The average Bonchev–Trinajstić information content (AvgIpc) is 3.21. The van der Waals surface area contributed by atoms with Gasteiger partial charge in [-0.1, -0.05) is 139 Å². The van der Waals surface area contributed by atoms with E-state index in [1.54, 1.807) is 0 Å². The zero-order valence-corrected chi connectivity index (χ0v) is 35.6. The minimum Gasteiger partial charge on any atom is -0.462 e. The molecule has 10 nitrogen and oxygen atoms in total. The summed E-state index contributed by atoms with van der Waals surface area (Å²) in [6, 6.07) is 0. The van der Waals surface area contributed by atoms with Crippen LogP contribution in [-0.4, -0.2) is 89.0 Å². The van der Waals surface area contributed by atoms with Crippen molar-refractivity contribution >= 4 is 11.9 Å². The van der Waals surface area contributed by atoms with E-state index in [2.05, 4.69) is 74.6 Å². The summed E-state index contributed by atoms with van der Waals surface area (Å²) in [5, 5.41) is 40.1. The molecule has 0 amide bonds. The predicted octanol–water partition coefficient (Wildman–Crippen LogP) is 9.44. The molecule has 6 atom stereocenters. The Hall–Kier alpha value is -2.60. The van der Waals surface area contributed by atoms with Crippen LogP contribution in [0.25, 0.3) is 0 Å². The summed E-state index contributed by atoms with van der Waals surface area (Å²) in [4.78, 5) is 25.3. The normalized spacial score (nSPS) is 20.8. The monoisotopic (exact) mass is 805 g/mol. The third kappa shape index (κ3) is 29.3. The van der Waals surface area contributed by atoms with E-state index in [1.807, 2.05) is 0 Å². The second-order valence-corrected chi connectivity index (χ2v) is 15.1. The standard InChI is InChI=1S/C47H80O10/c1-3-5-7-9-11-13-15-17-19-20-22-24-26-28-30-32-34-36-43(50)56-40(39-55-47-46(53)45(52)44(51)41(37-48)57-47)38-54-42(49)35-33-31-29-27-25-23-21-18-16-14-12-10-8-6-4-2/h6,8,11-14,17-19,21,40-41,44-48,51-53H,3-5,7,9-10,15-16,20,22-39H2,1-2H3/b8-6+,13-11+,14-12+,19-17+,21-18+/t40-,41-,44+,45?,46?,47-/m1/s1. The van der Waals surface area contributed by atoms with Crippen LogP contribution in [0.2, 0.25) is 0 Å². The number of aliphatic hydroxyl groups is 4. The minimum atomic E-state index is -1.60. The second-order valence-electron chi connectivity index (χ2n) is 15.1. The molecular weight excluding hydrogens is 725 g/mol. The fourth-order valence-corrected chi connectivity index (χ4v) is 6.35. The topological polar surface area (TPSA) is 152 Å². The Morgan fingerprint density at radius 1 is 0.561 bits per heavy atom. The van der Waals surface area contributed by atoms with Gasteiger partial charge >= 0.3 is 11.9 Å². The number of hydrogen-bond acceptors (Lipinski definition) is 10. The number of allylic oxidation sites excluding steroid dienone is 10. The number of esters is 2. The first-order valence-corrected chi connectivity index (χ1v) is 22.4. The van der Waals surface area contributed by atoms with E-state index in [-0.39, 0.29) is 26.1 Å². The van der Waals surface area contributed by atoms with Crippen LogP contribution >= 0.6 is 0 Å². The molecule has 1 fully saturated rings. The van der Waals surface area contributed by atoms with Crippen LogP contribution in [0, 0.1) is 0 Å². The molecule has 4 N–H and O–H groups in total. The van der Waals surface area contributed by atoms with Crippen LogP contribution in [0.3, 0.4) is 0 Å². The number of carbonyl (C=O) groups excluding carboxylic acids is 2. The summed E-state index contributed by atoms with van der Waals surface area (Å²) >= 11 is 0. The van der Waals surface area contributed by atoms with Gasteiger partial charge in [0.25, 0.3) is 0 Å². The van der Waals surface area contributed by atoms with Crippen LogP contribution in [0.15, 0.2) is 60.8 Å². The highest BCUT2D eigenvalue weighted by Crippen LogP contribution is 2.22. The zero-order valence-electron chi connectivity index (χ0n) is 35.6. The van der Waals surface area contributed by atoms with Crippen molar-refractivity contribution in [2.75, 3.05) is 19.8 Å². The number of hydrogen-bond donors (Lipinski definition) is 4. The molecule has 1 aliphatic rings. The number of aliphatic hydroxyl groups excluding tert-OH is 4. The Balaban J connectivity index is 2.35. The molecule has 2 unspecified atom stereocenters. The molecule has 0 aromatic heterocycles. The molecule has 0 aromatic rings. The van der Waals surface area contributed by atoms with E-state index < -0.39 is 55.4 Å². The Morgan fingerprint density at radius 3 is 1.56 bits per heavy atom. The molecule has 1 rings (SSSR count). The quantitative estimate of drug-likeness (QED) is 0.0274. The first-order valence-electron chi connectivity index (χ1n) is 22.4. The molecule has 0 aliphatic carbocycles. The highest BCUT2D eigenvalue weighted by Gasteiger charge is 2.44. The molecule has 1 heterocycles. The van der Waals surface area contributed by atoms with E-state index in [9.17, 15) is 30.0 Å². The molecular formula is C47H80O10. The summed E-state index contributed by atoms with van der Waals surface area (Å²) in [7, 11) is 0. The molecule has 57 heavy (non-hydrogen) atoms. The molecule has 10 heteroatoms. The second kappa shape index (κ2) is 37.7. The number of rotatable bonds is 36. The van der Waals surface area contributed by atoms with E-state index in [0.717, 1.165) is 83.5 Å². The molecule has 1 aliphatic heterocycles. The van der Waals surface area contributed by atoms with Gasteiger partial charge in [-0.15, -0.1) is 0 Å². The van der Waals surface area contributed by atoms with Gasteiger partial charge in [0.15, 0.2) is 12.4 Å². The van der Waals surface area contributed by atoms with Crippen LogP contribution < -0.4 is 0 Å². The molecule has 1 saturated heterocycles. The third-order valence-corrected chi connectivity index (χ3v) is 9.89. The Kier molecular flexibility index (Phi) is 34.6. The van der Waals surface area contributed by atoms with Gasteiger partial charge in [-0.2, -0.15) is 0 Å². The van der Waals surface area contributed by atoms with Crippen molar-refractivity contribution in [1.29, 1.82) is 0 Å². The van der Waals surface area contributed by atoms with Gasteiger partial charge in [0.2, 0.25) is 0 Å². The van der Waals surface area contributed by atoms with E-state index >= 15 is 0 Å². The Labute approximate surface area is 345 Å². The highest BCUT2D eigenvalue weighted by molar-refractivity contribution is 5.70. The van der Waals surface area contributed by atoms with Crippen LogP contribution in [0.1, 0.15) is 168 Å². The SMILES string of the molecule is CC/C=C/C/C=C/C/C=C/CCCCCCCC(=O)OC[C@H](CO[C@@H]1O[C@H](CO)[C@H](O)C(O)C1O)OC(=O)CCCCCCCCC/C=C/C/C=C/CCCCC. The molecule has 0 saturated carbocycles. The van der Waals surface area contributed by atoms with Crippen molar-refractivity contribution in [1.82, 2.24) is 0 Å².